The van der Waals surface area contributed by atoms with E-state index >= 15 is 0 Å². The molecule has 1 aromatic carbocycles. The standard InChI is InChI=1S/C12H13NO3/c1-7-5-10(7)11(14)13-9-4-2-3-8(6-9)12(15)16/h2-4,6-7,10H,5H2,1H3,(H,13,14)(H,15,16). The van der Waals surface area contributed by atoms with Crippen molar-refractivity contribution in [2.24, 2.45) is 11.8 Å². The van der Waals surface area contributed by atoms with Crippen LogP contribution in [0.1, 0.15) is 23.7 Å². The van der Waals surface area contributed by atoms with Gasteiger partial charge >= 0.3 is 5.97 Å². The van der Waals surface area contributed by atoms with Gasteiger partial charge in [-0.05, 0) is 30.5 Å². The number of carboxylic acids is 1. The zero-order chi connectivity index (χ0) is 11.7. The topological polar surface area (TPSA) is 66.4 Å². The molecule has 1 aliphatic rings. The van der Waals surface area contributed by atoms with Gasteiger partial charge in [0.15, 0.2) is 0 Å². The maximum Gasteiger partial charge on any atom is 0.335 e. The predicted molar refractivity (Wildman–Crippen MR) is 59.3 cm³/mol. The van der Waals surface area contributed by atoms with Gasteiger partial charge in [0.2, 0.25) is 5.91 Å². The van der Waals surface area contributed by atoms with E-state index in [9.17, 15) is 9.59 Å². The van der Waals surface area contributed by atoms with Crippen molar-refractivity contribution >= 4 is 17.6 Å². The summed E-state index contributed by atoms with van der Waals surface area (Å²) in [4.78, 5) is 22.3. The van der Waals surface area contributed by atoms with Crippen molar-refractivity contribution < 1.29 is 14.7 Å². The molecule has 2 rings (SSSR count). The Morgan fingerprint density at radius 2 is 2.12 bits per heavy atom. The summed E-state index contributed by atoms with van der Waals surface area (Å²) in [6, 6.07) is 6.28. The Morgan fingerprint density at radius 3 is 2.69 bits per heavy atom. The summed E-state index contributed by atoms with van der Waals surface area (Å²) < 4.78 is 0. The van der Waals surface area contributed by atoms with Gasteiger partial charge in [-0.2, -0.15) is 0 Å². The molecule has 0 saturated heterocycles. The zero-order valence-corrected chi connectivity index (χ0v) is 8.93. The molecule has 0 aliphatic heterocycles. The molecular weight excluding hydrogens is 206 g/mol. The first-order valence-corrected chi connectivity index (χ1v) is 5.22. The van der Waals surface area contributed by atoms with E-state index in [1.165, 1.54) is 12.1 Å². The minimum atomic E-state index is -0.990. The van der Waals surface area contributed by atoms with Crippen molar-refractivity contribution in [3.05, 3.63) is 29.8 Å². The number of carboxylic acid groups (broad SMARTS) is 1. The zero-order valence-electron chi connectivity index (χ0n) is 8.93. The largest absolute Gasteiger partial charge is 0.478 e. The monoisotopic (exact) mass is 219 g/mol. The molecule has 0 bridgehead atoms. The molecule has 1 amide bonds. The van der Waals surface area contributed by atoms with Gasteiger partial charge < -0.3 is 10.4 Å². The fourth-order valence-electron chi connectivity index (χ4n) is 1.65. The molecule has 0 heterocycles. The van der Waals surface area contributed by atoms with Crippen molar-refractivity contribution in [2.75, 3.05) is 5.32 Å². The number of carbonyl (C=O) groups excluding carboxylic acids is 1. The molecule has 4 nitrogen and oxygen atoms in total. The molecule has 2 atom stereocenters. The third kappa shape index (κ3) is 2.21. The van der Waals surface area contributed by atoms with Crippen LogP contribution in [0.2, 0.25) is 0 Å². The normalized spacial score (nSPS) is 22.6. The van der Waals surface area contributed by atoms with Crippen molar-refractivity contribution in [3.63, 3.8) is 0 Å². The van der Waals surface area contributed by atoms with Crippen LogP contribution >= 0.6 is 0 Å². The Balaban J connectivity index is 2.06. The highest BCUT2D eigenvalue weighted by molar-refractivity contribution is 5.96. The van der Waals surface area contributed by atoms with E-state index in [-0.39, 0.29) is 17.4 Å². The number of nitrogens with one attached hydrogen (secondary N) is 1. The third-order valence-electron chi connectivity index (χ3n) is 2.82. The number of benzene rings is 1. The Bertz CT molecular complexity index is 442. The van der Waals surface area contributed by atoms with E-state index in [1.807, 2.05) is 6.92 Å². The second-order valence-electron chi connectivity index (χ2n) is 4.19. The van der Waals surface area contributed by atoms with Crippen molar-refractivity contribution in [1.29, 1.82) is 0 Å². The maximum absolute atomic E-state index is 11.6. The first kappa shape index (κ1) is 10.7. The van der Waals surface area contributed by atoms with E-state index < -0.39 is 5.97 Å². The van der Waals surface area contributed by atoms with Gasteiger partial charge in [-0.15, -0.1) is 0 Å². The van der Waals surface area contributed by atoms with E-state index in [1.54, 1.807) is 12.1 Å². The van der Waals surface area contributed by atoms with Crippen LogP contribution in [-0.2, 0) is 4.79 Å². The fraction of sp³-hybridized carbons (Fsp3) is 0.333. The number of amides is 1. The van der Waals surface area contributed by atoms with Crippen LogP contribution in [0.25, 0.3) is 0 Å². The van der Waals surface area contributed by atoms with Gasteiger partial charge in [0.1, 0.15) is 0 Å². The predicted octanol–water partition coefficient (Wildman–Crippen LogP) is 1.98. The van der Waals surface area contributed by atoms with E-state index in [4.69, 9.17) is 5.11 Å². The number of carbonyl (C=O) groups is 2. The average molecular weight is 219 g/mol. The highest BCUT2D eigenvalue weighted by Crippen LogP contribution is 2.38. The molecule has 1 aliphatic carbocycles. The maximum atomic E-state index is 11.6. The van der Waals surface area contributed by atoms with Gasteiger partial charge in [-0.1, -0.05) is 13.0 Å². The van der Waals surface area contributed by atoms with Gasteiger partial charge in [-0.3, -0.25) is 4.79 Å². The molecule has 2 unspecified atom stereocenters. The number of hydrogen-bond acceptors (Lipinski definition) is 2. The first-order chi connectivity index (χ1) is 7.58. The molecule has 1 fully saturated rings. The molecule has 1 saturated carbocycles. The third-order valence-corrected chi connectivity index (χ3v) is 2.82. The SMILES string of the molecule is CC1CC1C(=O)Nc1cccc(C(=O)O)c1. The Kier molecular flexibility index (Phi) is 2.64. The molecule has 0 radical (unpaired) electrons. The van der Waals surface area contributed by atoms with Crippen LogP contribution in [0.4, 0.5) is 5.69 Å². The lowest BCUT2D eigenvalue weighted by Gasteiger charge is -2.04. The average Bonchev–Trinajstić information content (AvgIpc) is 2.96. The van der Waals surface area contributed by atoms with Crippen LogP contribution in [0.5, 0.6) is 0 Å². The first-order valence-electron chi connectivity index (χ1n) is 5.22. The number of rotatable bonds is 3. The van der Waals surface area contributed by atoms with E-state index in [0.717, 1.165) is 6.42 Å². The summed E-state index contributed by atoms with van der Waals surface area (Å²) in [7, 11) is 0. The van der Waals surface area contributed by atoms with Gasteiger partial charge in [0, 0.05) is 11.6 Å². The highest BCUT2D eigenvalue weighted by atomic mass is 16.4. The number of anilines is 1. The summed E-state index contributed by atoms with van der Waals surface area (Å²) in [5, 5.41) is 11.5. The quantitative estimate of drug-likeness (QED) is 0.816. The number of aromatic carboxylic acids is 1. The molecular formula is C12H13NO3. The van der Waals surface area contributed by atoms with Gasteiger partial charge in [0.25, 0.3) is 0 Å². The van der Waals surface area contributed by atoms with Crippen LogP contribution in [-0.4, -0.2) is 17.0 Å². The summed E-state index contributed by atoms with van der Waals surface area (Å²) in [5.74, 6) is -0.470. The minimum Gasteiger partial charge on any atom is -0.478 e. The van der Waals surface area contributed by atoms with Crippen molar-refractivity contribution in [1.82, 2.24) is 0 Å². The molecule has 84 valence electrons. The second kappa shape index (κ2) is 3.96. The molecule has 0 spiro atoms. The Morgan fingerprint density at radius 1 is 1.44 bits per heavy atom. The molecule has 0 aromatic heterocycles. The van der Waals surface area contributed by atoms with Crippen LogP contribution in [0, 0.1) is 11.8 Å². The van der Waals surface area contributed by atoms with Crippen LogP contribution < -0.4 is 5.32 Å². The van der Waals surface area contributed by atoms with Gasteiger partial charge in [0.05, 0.1) is 5.56 Å². The summed E-state index contributed by atoms with van der Waals surface area (Å²) in [5.41, 5.74) is 0.727. The minimum absolute atomic E-state index is 0.0185. The molecule has 16 heavy (non-hydrogen) atoms. The Labute approximate surface area is 93.3 Å². The smallest absolute Gasteiger partial charge is 0.335 e. The van der Waals surface area contributed by atoms with Crippen LogP contribution in [0.15, 0.2) is 24.3 Å². The van der Waals surface area contributed by atoms with Crippen molar-refractivity contribution in [3.8, 4) is 0 Å². The summed E-state index contributed by atoms with van der Waals surface area (Å²) in [6.45, 7) is 2.03. The lowest BCUT2D eigenvalue weighted by Crippen LogP contribution is -2.14. The molecule has 4 heteroatoms. The van der Waals surface area contributed by atoms with Crippen LogP contribution in [0.3, 0.4) is 0 Å². The summed E-state index contributed by atoms with van der Waals surface area (Å²) in [6.07, 6.45) is 0.921. The second-order valence-corrected chi connectivity index (χ2v) is 4.19. The van der Waals surface area contributed by atoms with E-state index in [2.05, 4.69) is 5.32 Å². The Hall–Kier alpha value is -1.84. The molecule has 1 aromatic rings. The number of hydrogen-bond donors (Lipinski definition) is 2. The summed E-state index contributed by atoms with van der Waals surface area (Å²) >= 11 is 0. The van der Waals surface area contributed by atoms with Gasteiger partial charge in [-0.25, -0.2) is 4.79 Å². The fourth-order valence-corrected chi connectivity index (χ4v) is 1.65. The lowest BCUT2D eigenvalue weighted by molar-refractivity contribution is -0.117. The molecule has 2 N–H and O–H groups in total. The highest BCUT2D eigenvalue weighted by Gasteiger charge is 2.39. The van der Waals surface area contributed by atoms with Crippen molar-refractivity contribution in [2.45, 2.75) is 13.3 Å². The van der Waals surface area contributed by atoms with E-state index in [0.29, 0.717) is 11.6 Å². The lowest BCUT2D eigenvalue weighted by atomic mass is 10.2.